The van der Waals surface area contributed by atoms with Crippen molar-refractivity contribution in [3.63, 3.8) is 0 Å². The molecule has 1 aliphatic rings. The molecule has 0 spiro atoms. The van der Waals surface area contributed by atoms with Crippen molar-refractivity contribution in [1.29, 1.82) is 0 Å². The quantitative estimate of drug-likeness (QED) is 0.794. The highest BCUT2D eigenvalue weighted by atomic mass is 16.3. The van der Waals surface area contributed by atoms with Gasteiger partial charge < -0.3 is 10.4 Å². The number of hydrogen-bond acceptors (Lipinski definition) is 3. The summed E-state index contributed by atoms with van der Waals surface area (Å²) >= 11 is 0. The fraction of sp³-hybridized carbons (Fsp3) is 0.688. The third-order valence-electron chi connectivity index (χ3n) is 4.08. The lowest BCUT2D eigenvalue weighted by Crippen LogP contribution is -2.31. The molecule has 0 saturated carbocycles. The molecule has 0 radical (unpaired) electrons. The number of aromatic nitrogens is 1. The number of rotatable bonds is 7. The van der Waals surface area contributed by atoms with Gasteiger partial charge in [0.25, 0.3) is 0 Å². The van der Waals surface area contributed by atoms with Crippen molar-refractivity contribution in [3.05, 3.63) is 29.6 Å². The lowest BCUT2D eigenvalue weighted by Gasteiger charge is -2.27. The lowest BCUT2D eigenvalue weighted by molar-refractivity contribution is 0.243. The van der Waals surface area contributed by atoms with E-state index < -0.39 is 0 Å². The predicted octanol–water partition coefficient (Wildman–Crippen LogP) is 2.85. The molecule has 1 aromatic heterocycles. The maximum absolute atomic E-state index is 9.12. The first-order chi connectivity index (χ1) is 9.35. The summed E-state index contributed by atoms with van der Waals surface area (Å²) in [6, 6.07) is 4.64. The fourth-order valence-electron chi connectivity index (χ4n) is 3.06. The summed E-state index contributed by atoms with van der Waals surface area (Å²) < 4.78 is 0. The van der Waals surface area contributed by atoms with E-state index in [9.17, 15) is 0 Å². The average Bonchev–Trinajstić information content (AvgIpc) is 2.45. The van der Waals surface area contributed by atoms with Crippen molar-refractivity contribution >= 4 is 0 Å². The van der Waals surface area contributed by atoms with E-state index in [2.05, 4.69) is 23.3 Å². The Morgan fingerprint density at radius 1 is 1.47 bits per heavy atom. The number of nitrogens with zero attached hydrogens (tertiary/aromatic N) is 1. The van der Waals surface area contributed by atoms with Crippen LogP contribution in [0.3, 0.4) is 0 Å². The summed E-state index contributed by atoms with van der Waals surface area (Å²) in [5, 5.41) is 12.8. The Hall–Kier alpha value is -0.930. The van der Waals surface area contributed by atoms with Crippen molar-refractivity contribution < 1.29 is 5.11 Å². The summed E-state index contributed by atoms with van der Waals surface area (Å²) in [7, 11) is 0. The third kappa shape index (κ3) is 4.02. The molecule has 19 heavy (non-hydrogen) atoms. The van der Waals surface area contributed by atoms with Crippen molar-refractivity contribution in [2.24, 2.45) is 5.92 Å². The van der Waals surface area contributed by atoms with Crippen LogP contribution >= 0.6 is 0 Å². The van der Waals surface area contributed by atoms with Gasteiger partial charge in [-0.2, -0.15) is 0 Å². The van der Waals surface area contributed by atoms with Crippen LogP contribution in [0.25, 0.3) is 0 Å². The SMILES string of the molecule is CCCC(CCO)CNC1CCCc2cccnc21. The highest BCUT2D eigenvalue weighted by Crippen LogP contribution is 2.28. The van der Waals surface area contributed by atoms with Gasteiger partial charge in [-0.25, -0.2) is 0 Å². The molecular weight excluding hydrogens is 236 g/mol. The molecule has 2 unspecified atom stereocenters. The fourth-order valence-corrected chi connectivity index (χ4v) is 3.06. The van der Waals surface area contributed by atoms with Crippen molar-refractivity contribution in [2.75, 3.05) is 13.2 Å². The third-order valence-corrected chi connectivity index (χ3v) is 4.08. The molecule has 2 atom stereocenters. The van der Waals surface area contributed by atoms with Gasteiger partial charge in [0.05, 0.1) is 5.69 Å². The van der Waals surface area contributed by atoms with E-state index in [-0.39, 0.29) is 0 Å². The minimum absolute atomic E-state index is 0.297. The van der Waals surface area contributed by atoms with E-state index in [1.165, 1.54) is 36.9 Å². The topological polar surface area (TPSA) is 45.1 Å². The Labute approximate surface area is 116 Å². The van der Waals surface area contributed by atoms with Crippen LogP contribution in [0, 0.1) is 5.92 Å². The number of nitrogens with one attached hydrogen (secondary N) is 1. The summed E-state index contributed by atoms with van der Waals surface area (Å²) in [5.41, 5.74) is 2.65. The van der Waals surface area contributed by atoms with Crippen LogP contribution in [0.15, 0.2) is 18.3 Å². The molecule has 3 heteroatoms. The normalized spacial score (nSPS) is 20.0. The highest BCUT2D eigenvalue weighted by molar-refractivity contribution is 5.25. The average molecular weight is 262 g/mol. The zero-order chi connectivity index (χ0) is 13.5. The Balaban J connectivity index is 1.92. The number of aryl methyl sites for hydroxylation is 1. The molecular formula is C16H26N2O. The van der Waals surface area contributed by atoms with Crippen molar-refractivity contribution in [3.8, 4) is 0 Å². The Kier molecular flexibility index (Phi) is 5.80. The summed E-state index contributed by atoms with van der Waals surface area (Å²) in [4.78, 5) is 4.56. The number of hydrogen-bond donors (Lipinski definition) is 2. The summed E-state index contributed by atoms with van der Waals surface area (Å²) in [5.74, 6) is 0.587. The highest BCUT2D eigenvalue weighted by Gasteiger charge is 2.21. The number of fused-ring (bicyclic) bond motifs is 1. The molecule has 2 N–H and O–H groups in total. The first-order valence-electron chi connectivity index (χ1n) is 7.63. The zero-order valence-corrected chi connectivity index (χ0v) is 11.9. The van der Waals surface area contributed by atoms with Gasteiger partial charge in [-0.05, 0) is 56.2 Å². The minimum atomic E-state index is 0.297. The second-order valence-corrected chi connectivity index (χ2v) is 5.57. The van der Waals surface area contributed by atoms with Crippen LogP contribution in [0.4, 0.5) is 0 Å². The maximum atomic E-state index is 9.12. The van der Waals surface area contributed by atoms with Crippen molar-refractivity contribution in [1.82, 2.24) is 10.3 Å². The molecule has 0 amide bonds. The Morgan fingerprint density at radius 3 is 3.16 bits per heavy atom. The van der Waals surface area contributed by atoms with E-state index in [0.29, 0.717) is 18.6 Å². The number of aliphatic hydroxyl groups is 1. The molecule has 1 heterocycles. The summed E-state index contributed by atoms with van der Waals surface area (Å²) in [6.45, 7) is 3.50. The van der Waals surface area contributed by atoms with Gasteiger partial charge in [0.1, 0.15) is 0 Å². The van der Waals surface area contributed by atoms with Crippen LogP contribution in [-0.2, 0) is 6.42 Å². The number of aliphatic hydroxyl groups excluding tert-OH is 1. The van der Waals surface area contributed by atoms with E-state index in [0.717, 1.165) is 19.4 Å². The maximum Gasteiger partial charge on any atom is 0.0605 e. The minimum Gasteiger partial charge on any atom is -0.396 e. The van der Waals surface area contributed by atoms with Crippen LogP contribution in [0.1, 0.15) is 56.3 Å². The first kappa shape index (κ1) is 14.5. The van der Waals surface area contributed by atoms with E-state index in [4.69, 9.17) is 5.11 Å². The van der Waals surface area contributed by atoms with Gasteiger partial charge >= 0.3 is 0 Å². The van der Waals surface area contributed by atoms with Gasteiger partial charge in [-0.1, -0.05) is 19.4 Å². The molecule has 2 rings (SSSR count). The van der Waals surface area contributed by atoms with Gasteiger partial charge in [0.2, 0.25) is 0 Å². The van der Waals surface area contributed by atoms with Crippen molar-refractivity contribution in [2.45, 2.75) is 51.5 Å². The second-order valence-electron chi connectivity index (χ2n) is 5.57. The van der Waals surface area contributed by atoms with Gasteiger partial charge in [0, 0.05) is 18.8 Å². The van der Waals surface area contributed by atoms with E-state index in [1.807, 2.05) is 12.3 Å². The molecule has 3 nitrogen and oxygen atoms in total. The van der Waals surface area contributed by atoms with Gasteiger partial charge in [0.15, 0.2) is 0 Å². The summed E-state index contributed by atoms with van der Waals surface area (Å²) in [6.07, 6.45) is 8.77. The largest absolute Gasteiger partial charge is 0.396 e. The molecule has 0 aliphatic heterocycles. The zero-order valence-electron chi connectivity index (χ0n) is 11.9. The molecule has 0 aromatic carbocycles. The monoisotopic (exact) mass is 262 g/mol. The molecule has 1 aromatic rings. The van der Waals surface area contributed by atoms with E-state index in [1.54, 1.807) is 0 Å². The predicted molar refractivity (Wildman–Crippen MR) is 78.0 cm³/mol. The molecule has 1 aliphatic carbocycles. The smallest absolute Gasteiger partial charge is 0.0605 e. The Morgan fingerprint density at radius 2 is 2.37 bits per heavy atom. The molecule has 0 bridgehead atoms. The van der Waals surface area contributed by atoms with Crippen LogP contribution in [0.2, 0.25) is 0 Å². The lowest BCUT2D eigenvalue weighted by atomic mass is 9.91. The second kappa shape index (κ2) is 7.61. The van der Waals surface area contributed by atoms with E-state index >= 15 is 0 Å². The van der Waals surface area contributed by atoms with Gasteiger partial charge in [-0.15, -0.1) is 0 Å². The molecule has 0 saturated heterocycles. The Bertz CT molecular complexity index is 375. The van der Waals surface area contributed by atoms with Crippen LogP contribution < -0.4 is 5.32 Å². The first-order valence-corrected chi connectivity index (χ1v) is 7.63. The van der Waals surface area contributed by atoms with Gasteiger partial charge in [-0.3, -0.25) is 4.98 Å². The van der Waals surface area contributed by atoms with Crippen LogP contribution in [0.5, 0.6) is 0 Å². The molecule has 106 valence electrons. The molecule has 0 fully saturated rings. The number of pyridine rings is 1. The standard InChI is InChI=1S/C16H26N2O/c1-2-5-13(9-11-19)12-18-15-8-3-6-14-7-4-10-17-16(14)15/h4,7,10,13,15,18-19H,2-3,5-6,8-9,11-12H2,1H3. The van der Waals surface area contributed by atoms with Crippen LogP contribution in [-0.4, -0.2) is 23.2 Å².